The lowest BCUT2D eigenvalue weighted by Crippen LogP contribution is -2.31. The first kappa shape index (κ1) is 14.6. The molecule has 0 bridgehead atoms. The maximum Gasteiger partial charge on any atom is 0.573 e. The normalized spacial score (nSPS) is 15.0. The van der Waals surface area contributed by atoms with Crippen LogP contribution in [-0.4, -0.2) is 23.7 Å². The molecule has 0 saturated carbocycles. The number of hydrogen-bond donors (Lipinski definition) is 1. The Balaban J connectivity index is 2.56. The molecule has 6 heteroatoms. The van der Waals surface area contributed by atoms with Crippen molar-refractivity contribution in [3.8, 4) is 11.5 Å². The highest BCUT2D eigenvalue weighted by Crippen LogP contribution is 2.25. The second kappa shape index (κ2) is 5.48. The minimum absolute atomic E-state index is 0.0724. The number of ether oxygens (including phenoxy) is 2. The molecule has 0 heterocycles. The maximum absolute atomic E-state index is 11.9. The highest BCUT2D eigenvalue weighted by atomic mass is 19.4. The predicted octanol–water partition coefficient (Wildman–Crippen LogP) is 3.13. The van der Waals surface area contributed by atoms with Crippen LogP contribution in [0, 0.1) is 0 Å². The van der Waals surface area contributed by atoms with Gasteiger partial charge in [-0.3, -0.25) is 0 Å². The van der Waals surface area contributed by atoms with Gasteiger partial charge in [-0.25, -0.2) is 0 Å². The number of alkyl halides is 3. The fourth-order valence-electron chi connectivity index (χ4n) is 1.08. The summed E-state index contributed by atoms with van der Waals surface area (Å²) in [5.74, 6) is 0.0651. The van der Waals surface area contributed by atoms with E-state index in [1.54, 1.807) is 6.92 Å². The number of rotatable bonds is 5. The van der Waals surface area contributed by atoms with Gasteiger partial charge < -0.3 is 14.6 Å². The Hall–Kier alpha value is -1.43. The first-order valence-electron chi connectivity index (χ1n) is 5.43. The number of aliphatic hydroxyl groups is 1. The first-order valence-corrected chi connectivity index (χ1v) is 5.43. The minimum atomic E-state index is -4.70. The molecule has 1 rings (SSSR count). The molecule has 3 nitrogen and oxygen atoms in total. The number of halogens is 3. The minimum Gasteiger partial charge on any atom is -0.491 e. The van der Waals surface area contributed by atoms with Crippen LogP contribution in [-0.2, 0) is 0 Å². The van der Waals surface area contributed by atoms with Gasteiger partial charge in [-0.2, -0.15) is 0 Å². The average Bonchev–Trinajstić information content (AvgIpc) is 2.26. The topological polar surface area (TPSA) is 38.7 Å². The zero-order chi connectivity index (χ0) is 13.8. The highest BCUT2D eigenvalue weighted by Gasteiger charge is 2.31. The first-order chi connectivity index (χ1) is 8.22. The van der Waals surface area contributed by atoms with E-state index < -0.39 is 12.0 Å². The van der Waals surface area contributed by atoms with Crippen LogP contribution in [0.25, 0.3) is 0 Å². The Morgan fingerprint density at radius 3 is 2.06 bits per heavy atom. The molecule has 18 heavy (non-hydrogen) atoms. The van der Waals surface area contributed by atoms with E-state index in [1.165, 1.54) is 12.1 Å². The van der Waals surface area contributed by atoms with Gasteiger partial charge in [0.05, 0.1) is 5.60 Å². The van der Waals surface area contributed by atoms with Crippen molar-refractivity contribution in [2.45, 2.75) is 32.2 Å². The zero-order valence-electron chi connectivity index (χ0n) is 10.1. The van der Waals surface area contributed by atoms with Crippen molar-refractivity contribution in [1.29, 1.82) is 0 Å². The Morgan fingerprint density at radius 2 is 1.61 bits per heavy atom. The Labute approximate surface area is 103 Å². The van der Waals surface area contributed by atoms with E-state index in [1.807, 2.05) is 6.92 Å². The van der Waals surface area contributed by atoms with Crippen LogP contribution in [0.5, 0.6) is 11.5 Å². The molecule has 0 fully saturated rings. The molecule has 1 aromatic rings. The van der Waals surface area contributed by atoms with Crippen LogP contribution < -0.4 is 9.47 Å². The second-order valence-electron chi connectivity index (χ2n) is 4.16. The summed E-state index contributed by atoms with van der Waals surface area (Å²) in [6.07, 6.45) is -4.18. The van der Waals surface area contributed by atoms with Crippen molar-refractivity contribution in [3.05, 3.63) is 24.3 Å². The van der Waals surface area contributed by atoms with Gasteiger partial charge in [0.2, 0.25) is 0 Å². The van der Waals surface area contributed by atoms with Crippen LogP contribution in [0.4, 0.5) is 13.2 Å². The SMILES string of the molecule is CCC(C)(O)COc1ccc(OC(F)(F)F)cc1. The fourth-order valence-corrected chi connectivity index (χ4v) is 1.08. The molecule has 0 aliphatic carbocycles. The van der Waals surface area contributed by atoms with E-state index >= 15 is 0 Å². The molecule has 0 aliphatic rings. The monoisotopic (exact) mass is 264 g/mol. The Kier molecular flexibility index (Phi) is 4.45. The summed E-state index contributed by atoms with van der Waals surface area (Å²) in [5.41, 5.74) is -0.957. The summed E-state index contributed by atoms with van der Waals surface area (Å²) in [5, 5.41) is 9.69. The molecule has 1 N–H and O–H groups in total. The molecule has 0 spiro atoms. The molecule has 0 aliphatic heterocycles. The van der Waals surface area contributed by atoms with Crippen LogP contribution >= 0.6 is 0 Å². The zero-order valence-corrected chi connectivity index (χ0v) is 10.1. The lowest BCUT2D eigenvalue weighted by atomic mass is 10.1. The molecular formula is C12H15F3O3. The van der Waals surface area contributed by atoms with Crippen LogP contribution in [0.1, 0.15) is 20.3 Å². The summed E-state index contributed by atoms with van der Waals surface area (Å²) in [6.45, 7) is 3.50. The van der Waals surface area contributed by atoms with Crippen LogP contribution in [0.2, 0.25) is 0 Å². The van der Waals surface area contributed by atoms with Gasteiger partial charge in [-0.05, 0) is 37.6 Å². The third-order valence-corrected chi connectivity index (χ3v) is 2.37. The molecule has 0 saturated heterocycles. The highest BCUT2D eigenvalue weighted by molar-refractivity contribution is 5.31. The Morgan fingerprint density at radius 1 is 1.11 bits per heavy atom. The lowest BCUT2D eigenvalue weighted by Gasteiger charge is -2.21. The third kappa shape index (κ3) is 5.27. The van der Waals surface area contributed by atoms with Crippen molar-refractivity contribution in [3.63, 3.8) is 0 Å². The quantitative estimate of drug-likeness (QED) is 0.888. The second-order valence-corrected chi connectivity index (χ2v) is 4.16. The standard InChI is InChI=1S/C12H15F3O3/c1-3-11(2,16)8-17-9-4-6-10(7-5-9)18-12(13,14)15/h4-7,16H,3,8H2,1-2H3. The molecule has 1 unspecified atom stereocenters. The molecule has 1 aromatic carbocycles. The molecule has 102 valence electrons. The Bertz CT molecular complexity index is 371. The van der Waals surface area contributed by atoms with Gasteiger partial charge in [0, 0.05) is 0 Å². The molecular weight excluding hydrogens is 249 g/mol. The predicted molar refractivity (Wildman–Crippen MR) is 59.5 cm³/mol. The molecule has 1 atom stereocenters. The van der Waals surface area contributed by atoms with E-state index in [9.17, 15) is 18.3 Å². The van der Waals surface area contributed by atoms with Crippen molar-refractivity contribution in [2.24, 2.45) is 0 Å². The van der Waals surface area contributed by atoms with Gasteiger partial charge in [0.1, 0.15) is 18.1 Å². The van der Waals surface area contributed by atoms with E-state index in [0.717, 1.165) is 12.1 Å². The summed E-state index contributed by atoms with van der Waals surface area (Å²) in [4.78, 5) is 0. The van der Waals surface area contributed by atoms with Gasteiger partial charge in [0.15, 0.2) is 0 Å². The largest absolute Gasteiger partial charge is 0.573 e. The summed E-state index contributed by atoms with van der Waals surface area (Å²) >= 11 is 0. The van der Waals surface area contributed by atoms with Crippen molar-refractivity contribution < 1.29 is 27.8 Å². The summed E-state index contributed by atoms with van der Waals surface area (Å²) in [6, 6.07) is 5.02. The summed E-state index contributed by atoms with van der Waals surface area (Å²) in [7, 11) is 0. The van der Waals surface area contributed by atoms with E-state index in [2.05, 4.69) is 4.74 Å². The van der Waals surface area contributed by atoms with Gasteiger partial charge in [0.25, 0.3) is 0 Å². The molecule has 0 radical (unpaired) electrons. The van der Waals surface area contributed by atoms with Crippen molar-refractivity contribution in [2.75, 3.05) is 6.61 Å². The smallest absolute Gasteiger partial charge is 0.491 e. The van der Waals surface area contributed by atoms with Gasteiger partial charge in [-0.15, -0.1) is 13.2 Å². The van der Waals surface area contributed by atoms with Gasteiger partial charge >= 0.3 is 6.36 Å². The average molecular weight is 264 g/mol. The van der Waals surface area contributed by atoms with E-state index in [0.29, 0.717) is 12.2 Å². The maximum atomic E-state index is 11.9. The van der Waals surface area contributed by atoms with E-state index in [-0.39, 0.29) is 12.4 Å². The van der Waals surface area contributed by atoms with Crippen LogP contribution in [0.3, 0.4) is 0 Å². The molecule has 0 amide bonds. The van der Waals surface area contributed by atoms with Crippen molar-refractivity contribution in [1.82, 2.24) is 0 Å². The van der Waals surface area contributed by atoms with E-state index in [4.69, 9.17) is 4.74 Å². The number of benzene rings is 1. The lowest BCUT2D eigenvalue weighted by molar-refractivity contribution is -0.274. The van der Waals surface area contributed by atoms with Crippen LogP contribution in [0.15, 0.2) is 24.3 Å². The third-order valence-electron chi connectivity index (χ3n) is 2.37. The fraction of sp³-hybridized carbons (Fsp3) is 0.500. The number of hydrogen-bond acceptors (Lipinski definition) is 3. The molecule has 0 aromatic heterocycles. The van der Waals surface area contributed by atoms with Crippen molar-refractivity contribution >= 4 is 0 Å². The van der Waals surface area contributed by atoms with Gasteiger partial charge in [-0.1, -0.05) is 6.92 Å². The summed E-state index contributed by atoms with van der Waals surface area (Å²) < 4.78 is 44.7.